The minimum Gasteiger partial charge on any atom is -0.457 e. The molecule has 2 aliphatic heterocycles. The van der Waals surface area contributed by atoms with Crippen LogP contribution in [0.2, 0.25) is 0 Å². The number of H-pyrrole nitrogens is 1. The van der Waals surface area contributed by atoms with E-state index in [4.69, 9.17) is 18.7 Å². The number of esters is 1. The Morgan fingerprint density at radius 1 is 0.945 bits per heavy atom. The number of aliphatic hydroxyl groups is 5. The van der Waals surface area contributed by atoms with Gasteiger partial charge in [-0.05, 0) is 6.42 Å². The first-order valence-corrected chi connectivity index (χ1v) is 21.0. The van der Waals surface area contributed by atoms with E-state index in [-0.39, 0.29) is 6.42 Å². The number of nitrogens with zero attached hydrogens (tertiary/aromatic N) is 1. The number of aromatic nitrogens is 2. The lowest BCUT2D eigenvalue weighted by atomic mass is 9.96. The number of amides is 1. The highest BCUT2D eigenvalue weighted by atomic mass is 31.3. The molecule has 0 bridgehead atoms. The summed E-state index contributed by atoms with van der Waals surface area (Å²) in [6.45, 7) is 1.10. The van der Waals surface area contributed by atoms with Gasteiger partial charge in [-0.1, -0.05) is 64.7 Å². The molecule has 22 nitrogen and oxygen atoms in total. The van der Waals surface area contributed by atoms with E-state index in [0.29, 0.717) is 6.42 Å². The number of phosphoric acid groups is 2. The number of hydrogen-bond acceptors (Lipinski definition) is 17. The van der Waals surface area contributed by atoms with Crippen LogP contribution in [0.4, 0.5) is 0 Å². The second-order valence-corrected chi connectivity index (χ2v) is 16.4. The van der Waals surface area contributed by atoms with Crippen molar-refractivity contribution in [2.24, 2.45) is 0 Å². The van der Waals surface area contributed by atoms with Gasteiger partial charge in [-0.3, -0.25) is 33.0 Å². The number of carbonyl (C=O) groups is 2. The Kier molecular flexibility index (Phi) is 18.7. The molecule has 1 amide bonds. The molecule has 3 heterocycles. The molecule has 2 aliphatic rings. The predicted octanol–water partition coefficient (Wildman–Crippen LogP) is -0.427. The minimum absolute atomic E-state index is 0.276. The number of ether oxygens (including phenoxy) is 3. The molecule has 3 rings (SSSR count). The number of hydrogen-bond donors (Lipinski definition) is 9. The fraction of sp³-hybridized carbons (Fsp3) is 0.806. The quantitative estimate of drug-likeness (QED) is 0.0384. The summed E-state index contributed by atoms with van der Waals surface area (Å²) < 4.78 is 56.3. The Balaban J connectivity index is 1.60. The van der Waals surface area contributed by atoms with Crippen molar-refractivity contribution >= 4 is 27.5 Å². The van der Waals surface area contributed by atoms with Crippen LogP contribution >= 0.6 is 15.6 Å². The zero-order valence-electron chi connectivity index (χ0n) is 30.5. The van der Waals surface area contributed by atoms with Crippen LogP contribution in [0, 0.1) is 0 Å². The first kappa shape index (κ1) is 47.0. The van der Waals surface area contributed by atoms with Crippen molar-refractivity contribution < 1.29 is 81.6 Å². The van der Waals surface area contributed by atoms with E-state index >= 15 is 0 Å². The molecule has 316 valence electrons. The van der Waals surface area contributed by atoms with Gasteiger partial charge in [0.2, 0.25) is 5.91 Å². The van der Waals surface area contributed by atoms with Gasteiger partial charge in [-0.2, -0.15) is 4.31 Å². The van der Waals surface area contributed by atoms with E-state index in [9.17, 15) is 63.6 Å². The van der Waals surface area contributed by atoms with Crippen LogP contribution in [0.1, 0.15) is 90.7 Å². The molecule has 2 saturated heterocycles. The maximum atomic E-state index is 13.0. The number of carbonyl (C=O) groups excluding carboxylic acids is 2. The van der Waals surface area contributed by atoms with Gasteiger partial charge in [0.1, 0.15) is 36.6 Å². The van der Waals surface area contributed by atoms with E-state index in [0.717, 1.165) is 49.4 Å². The second-order valence-electron chi connectivity index (χ2n) is 13.4. The van der Waals surface area contributed by atoms with E-state index in [2.05, 4.69) is 21.1 Å². The van der Waals surface area contributed by atoms with Crippen molar-refractivity contribution in [3.05, 3.63) is 33.1 Å². The number of phosphoric ester groups is 2. The lowest BCUT2D eigenvalue weighted by molar-refractivity contribution is -0.253. The molecule has 0 aromatic carbocycles. The molecule has 0 radical (unpaired) electrons. The monoisotopic (exact) mass is 833 g/mol. The maximum Gasteiger partial charge on any atom is 0.483 e. The lowest BCUT2D eigenvalue weighted by Gasteiger charge is -2.43. The van der Waals surface area contributed by atoms with E-state index in [1.54, 1.807) is 0 Å². The third-order valence-corrected chi connectivity index (χ3v) is 11.4. The highest BCUT2D eigenvalue weighted by Gasteiger charge is 2.52. The van der Waals surface area contributed by atoms with E-state index < -0.39 is 120 Å². The van der Waals surface area contributed by atoms with E-state index in [1.165, 1.54) is 25.7 Å². The third kappa shape index (κ3) is 14.8. The zero-order valence-corrected chi connectivity index (χ0v) is 32.3. The van der Waals surface area contributed by atoms with Crippen LogP contribution in [-0.2, 0) is 46.3 Å². The summed E-state index contributed by atoms with van der Waals surface area (Å²) in [6, 6.07) is -0.858. The minimum atomic E-state index is -5.78. The number of aliphatic hydroxyl groups excluding tert-OH is 5. The summed E-state index contributed by atoms with van der Waals surface area (Å²) in [5, 5.41) is 54.0. The molecule has 55 heavy (non-hydrogen) atoms. The SMILES string of the molecule is CCCCCCCCCCCC(O)CC(=O)O[C@H]1[C@H](O)[C@@H](CO)O[C@@H](OP(=O)(O)OP(=O)(O)OC[C@H]2O[C@@H](n3ccc(=O)[nH]c3=O)[C@H](O)[C@@H]2O)[C@@H]1NC(C)=O. The largest absolute Gasteiger partial charge is 0.483 e. The van der Waals surface area contributed by atoms with Crippen LogP contribution in [0.5, 0.6) is 0 Å². The Hall–Kier alpha value is -2.40. The summed E-state index contributed by atoms with van der Waals surface area (Å²) in [5.41, 5.74) is -1.78. The molecule has 1 aromatic rings. The molecular weight excluding hydrogens is 780 g/mol. The second kappa shape index (κ2) is 21.9. The Bertz CT molecular complexity index is 1590. The van der Waals surface area contributed by atoms with Gasteiger partial charge in [0, 0.05) is 19.2 Å². The third-order valence-electron chi connectivity index (χ3n) is 8.84. The Morgan fingerprint density at radius 3 is 2.18 bits per heavy atom. The van der Waals surface area contributed by atoms with Crippen molar-refractivity contribution in [3.8, 4) is 0 Å². The molecule has 9 N–H and O–H groups in total. The first-order valence-electron chi connectivity index (χ1n) is 18.0. The standard InChI is InChI=1S/C31H53N3O19P2/c1-3-4-5-6-7-8-9-10-11-12-19(37)15-23(39)51-28-24(32-18(2)36)30(50-20(16-35)26(28)41)52-55(46,47)53-54(44,45)48-17-21-25(40)27(42)29(49-21)34-14-13-22(38)33-31(34)43/h13-14,19-21,24-30,35,37,40-42H,3-12,15-17H2,1-2H3,(H,32,36)(H,44,45)(H,46,47)(H,33,38,43)/t19?,20-,21-,24-,25-,26-,27-,28-,29-,30+/m1/s1. The number of nitrogens with one attached hydrogen (secondary N) is 2. The number of aromatic amines is 1. The highest BCUT2D eigenvalue weighted by Crippen LogP contribution is 2.61. The van der Waals surface area contributed by atoms with Crippen LogP contribution in [0.25, 0.3) is 0 Å². The molecule has 24 heteroatoms. The smallest absolute Gasteiger partial charge is 0.457 e. The molecule has 2 fully saturated rings. The fourth-order valence-electron chi connectivity index (χ4n) is 6.07. The summed E-state index contributed by atoms with van der Waals surface area (Å²) in [5.74, 6) is -1.88. The predicted molar refractivity (Wildman–Crippen MR) is 187 cm³/mol. The summed E-state index contributed by atoms with van der Waals surface area (Å²) in [4.78, 5) is 71.0. The fourth-order valence-corrected chi connectivity index (χ4v) is 8.23. The van der Waals surface area contributed by atoms with Crippen LogP contribution in [-0.4, -0.2) is 125 Å². The van der Waals surface area contributed by atoms with Crippen molar-refractivity contribution in [1.29, 1.82) is 0 Å². The molecule has 0 aliphatic carbocycles. The first-order chi connectivity index (χ1) is 25.9. The van der Waals surface area contributed by atoms with Crippen molar-refractivity contribution in [2.45, 2.75) is 146 Å². The van der Waals surface area contributed by atoms with Gasteiger partial charge in [0.15, 0.2) is 18.6 Å². The molecule has 0 saturated carbocycles. The van der Waals surface area contributed by atoms with Gasteiger partial charge in [0.25, 0.3) is 5.56 Å². The number of unbranched alkanes of at least 4 members (excludes halogenated alkanes) is 8. The van der Waals surface area contributed by atoms with Crippen LogP contribution in [0.3, 0.4) is 0 Å². The van der Waals surface area contributed by atoms with Crippen LogP contribution in [0.15, 0.2) is 21.9 Å². The Morgan fingerprint density at radius 2 is 1.58 bits per heavy atom. The van der Waals surface area contributed by atoms with Gasteiger partial charge in [-0.25, -0.2) is 13.9 Å². The lowest BCUT2D eigenvalue weighted by Crippen LogP contribution is -2.65. The van der Waals surface area contributed by atoms with Gasteiger partial charge in [0.05, 0.1) is 25.7 Å². The summed E-state index contributed by atoms with van der Waals surface area (Å²) >= 11 is 0. The van der Waals surface area contributed by atoms with E-state index in [1.807, 2.05) is 4.98 Å². The van der Waals surface area contributed by atoms with Crippen molar-refractivity contribution in [1.82, 2.24) is 14.9 Å². The summed E-state index contributed by atoms with van der Waals surface area (Å²) in [6.07, 6.45) is -5.37. The molecule has 1 aromatic heterocycles. The molecule has 12 atom stereocenters. The van der Waals surface area contributed by atoms with Gasteiger partial charge in [-0.15, -0.1) is 0 Å². The zero-order chi connectivity index (χ0) is 40.9. The van der Waals surface area contributed by atoms with Crippen molar-refractivity contribution in [2.75, 3.05) is 13.2 Å². The molecular formula is C31H53N3O19P2. The topological polar surface area (TPSA) is 332 Å². The number of rotatable bonds is 23. The van der Waals surface area contributed by atoms with Gasteiger partial charge >= 0.3 is 27.3 Å². The van der Waals surface area contributed by atoms with Crippen LogP contribution < -0.4 is 16.6 Å². The molecule has 0 spiro atoms. The maximum absolute atomic E-state index is 13.0. The highest BCUT2D eigenvalue weighted by molar-refractivity contribution is 7.61. The normalized spacial score (nSPS) is 29.6. The Labute approximate surface area is 315 Å². The van der Waals surface area contributed by atoms with Crippen molar-refractivity contribution in [3.63, 3.8) is 0 Å². The summed E-state index contributed by atoms with van der Waals surface area (Å²) in [7, 11) is -11.4. The van der Waals surface area contributed by atoms with Gasteiger partial charge < -0.3 is 54.8 Å². The average Bonchev–Trinajstić information content (AvgIpc) is 3.37. The molecule has 3 unspecified atom stereocenters. The average molecular weight is 834 g/mol.